The van der Waals surface area contributed by atoms with Crippen molar-refractivity contribution in [2.75, 3.05) is 0 Å². The van der Waals surface area contributed by atoms with Crippen molar-refractivity contribution in [2.24, 2.45) is 0 Å². The monoisotopic (exact) mass is 226 g/mol. The molecule has 1 aromatic carbocycles. The average molecular weight is 227 g/mol. The molecule has 0 aliphatic carbocycles. The van der Waals surface area contributed by atoms with E-state index in [0.717, 1.165) is 31.2 Å². The van der Waals surface area contributed by atoms with Gasteiger partial charge in [-0.05, 0) is 30.5 Å². The summed E-state index contributed by atoms with van der Waals surface area (Å²) in [5.41, 5.74) is 0.295. The van der Waals surface area contributed by atoms with Crippen LogP contribution in [-0.2, 0) is 5.60 Å². The van der Waals surface area contributed by atoms with E-state index in [9.17, 15) is 5.11 Å². The van der Waals surface area contributed by atoms with Crippen LogP contribution in [0.25, 0.3) is 0 Å². The maximum absolute atomic E-state index is 10.5. The molecule has 0 saturated carbocycles. The van der Waals surface area contributed by atoms with Gasteiger partial charge in [-0.15, -0.1) is 0 Å². The molecule has 1 atom stereocenters. The van der Waals surface area contributed by atoms with Gasteiger partial charge in [0.05, 0.1) is 5.60 Å². The Kier molecular flexibility index (Phi) is 4.62. The van der Waals surface area contributed by atoms with E-state index in [1.165, 1.54) is 0 Å². The Morgan fingerprint density at radius 3 is 2.27 bits per heavy atom. The first kappa shape index (κ1) is 12.5. The number of halogens is 1. The standard InChI is InChI=1S/C13H19ClO/c1-3-5-10-13(15,4-2)11-6-8-12(14)9-7-11/h6-9,15H,3-5,10H2,1-2H3. The van der Waals surface area contributed by atoms with Crippen molar-refractivity contribution in [3.63, 3.8) is 0 Å². The van der Waals surface area contributed by atoms with Gasteiger partial charge >= 0.3 is 0 Å². The van der Waals surface area contributed by atoms with Crippen molar-refractivity contribution < 1.29 is 5.11 Å². The predicted octanol–water partition coefficient (Wildman–Crippen LogP) is 4.13. The Hall–Kier alpha value is -0.530. The summed E-state index contributed by atoms with van der Waals surface area (Å²) in [6.45, 7) is 4.15. The number of hydrogen-bond donors (Lipinski definition) is 1. The number of hydrogen-bond acceptors (Lipinski definition) is 1. The van der Waals surface area contributed by atoms with Crippen molar-refractivity contribution in [3.8, 4) is 0 Å². The first-order valence-electron chi connectivity index (χ1n) is 5.61. The van der Waals surface area contributed by atoms with Gasteiger partial charge in [-0.2, -0.15) is 0 Å². The summed E-state index contributed by atoms with van der Waals surface area (Å²) in [6.07, 6.45) is 3.72. The van der Waals surface area contributed by atoms with Gasteiger partial charge in [0.15, 0.2) is 0 Å². The highest BCUT2D eigenvalue weighted by Gasteiger charge is 2.25. The first-order chi connectivity index (χ1) is 7.12. The van der Waals surface area contributed by atoms with E-state index in [1.807, 2.05) is 31.2 Å². The minimum atomic E-state index is -0.680. The minimum Gasteiger partial charge on any atom is -0.385 e. The van der Waals surface area contributed by atoms with Crippen LogP contribution >= 0.6 is 11.6 Å². The highest BCUT2D eigenvalue weighted by Crippen LogP contribution is 2.31. The molecule has 2 heteroatoms. The molecule has 0 aliphatic rings. The van der Waals surface area contributed by atoms with Gasteiger partial charge in [0, 0.05) is 5.02 Å². The lowest BCUT2D eigenvalue weighted by atomic mass is 9.86. The van der Waals surface area contributed by atoms with Crippen LogP contribution in [-0.4, -0.2) is 5.11 Å². The predicted molar refractivity (Wildman–Crippen MR) is 65.2 cm³/mol. The van der Waals surface area contributed by atoms with Crippen molar-refractivity contribution in [1.29, 1.82) is 0 Å². The molecule has 0 aliphatic heterocycles. The van der Waals surface area contributed by atoms with Gasteiger partial charge in [0.1, 0.15) is 0 Å². The van der Waals surface area contributed by atoms with E-state index >= 15 is 0 Å². The lowest BCUT2D eigenvalue weighted by molar-refractivity contribution is 0.0211. The SMILES string of the molecule is CCCCC(O)(CC)c1ccc(Cl)cc1. The molecule has 1 N–H and O–H groups in total. The molecule has 0 aromatic heterocycles. The molecule has 1 rings (SSSR count). The molecule has 0 fully saturated rings. The van der Waals surface area contributed by atoms with Crippen LogP contribution in [0.2, 0.25) is 5.02 Å². The number of aliphatic hydroxyl groups is 1. The van der Waals surface area contributed by atoms with Crippen LogP contribution in [0, 0.1) is 0 Å². The van der Waals surface area contributed by atoms with Crippen LogP contribution < -0.4 is 0 Å². The zero-order valence-corrected chi connectivity index (χ0v) is 10.2. The Balaban J connectivity index is 2.85. The van der Waals surface area contributed by atoms with Gasteiger partial charge in [0.25, 0.3) is 0 Å². The second-order valence-corrected chi connectivity index (χ2v) is 4.43. The van der Waals surface area contributed by atoms with E-state index < -0.39 is 5.60 Å². The Bertz CT molecular complexity index is 294. The van der Waals surface area contributed by atoms with Crippen molar-refractivity contribution in [3.05, 3.63) is 34.9 Å². The molecule has 0 spiro atoms. The first-order valence-corrected chi connectivity index (χ1v) is 5.98. The molecule has 15 heavy (non-hydrogen) atoms. The number of unbranched alkanes of at least 4 members (excludes halogenated alkanes) is 1. The van der Waals surface area contributed by atoms with E-state index in [1.54, 1.807) is 0 Å². The van der Waals surface area contributed by atoms with Crippen LogP contribution in [0.4, 0.5) is 0 Å². The fourth-order valence-corrected chi connectivity index (χ4v) is 1.88. The summed E-state index contributed by atoms with van der Waals surface area (Å²) in [7, 11) is 0. The topological polar surface area (TPSA) is 20.2 Å². The van der Waals surface area contributed by atoms with Gasteiger partial charge in [-0.1, -0.05) is 50.4 Å². The third-order valence-corrected chi connectivity index (χ3v) is 3.16. The average Bonchev–Trinajstić information content (AvgIpc) is 2.27. The van der Waals surface area contributed by atoms with Crippen LogP contribution in [0.5, 0.6) is 0 Å². The van der Waals surface area contributed by atoms with E-state index in [0.29, 0.717) is 5.02 Å². The molecule has 0 radical (unpaired) electrons. The molecule has 84 valence electrons. The summed E-state index contributed by atoms with van der Waals surface area (Å²) in [4.78, 5) is 0. The smallest absolute Gasteiger partial charge is 0.0894 e. The molecule has 0 amide bonds. The minimum absolute atomic E-state index is 0.680. The highest BCUT2D eigenvalue weighted by molar-refractivity contribution is 6.30. The van der Waals surface area contributed by atoms with Gasteiger partial charge in [0.2, 0.25) is 0 Å². The Morgan fingerprint density at radius 2 is 1.80 bits per heavy atom. The summed E-state index contributed by atoms with van der Waals surface area (Å²) >= 11 is 5.83. The normalized spacial score (nSPS) is 14.9. The summed E-state index contributed by atoms with van der Waals surface area (Å²) in [6, 6.07) is 7.51. The molecule has 0 bridgehead atoms. The fraction of sp³-hybridized carbons (Fsp3) is 0.538. The number of rotatable bonds is 5. The maximum Gasteiger partial charge on any atom is 0.0894 e. The van der Waals surface area contributed by atoms with Gasteiger partial charge < -0.3 is 5.11 Å². The van der Waals surface area contributed by atoms with Crippen molar-refractivity contribution in [2.45, 2.75) is 45.1 Å². The zero-order chi connectivity index (χ0) is 11.3. The quantitative estimate of drug-likeness (QED) is 0.801. The van der Waals surface area contributed by atoms with Crippen LogP contribution in [0.1, 0.15) is 45.1 Å². The maximum atomic E-state index is 10.5. The zero-order valence-electron chi connectivity index (χ0n) is 9.46. The molecule has 1 unspecified atom stereocenters. The van der Waals surface area contributed by atoms with E-state index in [2.05, 4.69) is 6.92 Å². The second kappa shape index (κ2) is 5.53. The second-order valence-electron chi connectivity index (χ2n) is 4.00. The molecule has 1 aromatic rings. The summed E-state index contributed by atoms with van der Waals surface area (Å²) in [5, 5.41) is 11.2. The molecule has 0 heterocycles. The summed E-state index contributed by atoms with van der Waals surface area (Å²) in [5.74, 6) is 0. The van der Waals surface area contributed by atoms with Crippen LogP contribution in [0.15, 0.2) is 24.3 Å². The lowest BCUT2D eigenvalue weighted by Gasteiger charge is -2.27. The molecular formula is C13H19ClO. The Labute approximate surface area is 97.1 Å². The third kappa shape index (κ3) is 3.22. The van der Waals surface area contributed by atoms with Gasteiger partial charge in [-0.3, -0.25) is 0 Å². The third-order valence-electron chi connectivity index (χ3n) is 2.91. The van der Waals surface area contributed by atoms with E-state index in [-0.39, 0.29) is 0 Å². The Morgan fingerprint density at radius 1 is 1.20 bits per heavy atom. The fourth-order valence-electron chi connectivity index (χ4n) is 1.75. The largest absolute Gasteiger partial charge is 0.385 e. The lowest BCUT2D eigenvalue weighted by Crippen LogP contribution is -2.24. The van der Waals surface area contributed by atoms with Crippen molar-refractivity contribution >= 4 is 11.6 Å². The summed E-state index contributed by atoms with van der Waals surface area (Å²) < 4.78 is 0. The van der Waals surface area contributed by atoms with Crippen LogP contribution in [0.3, 0.4) is 0 Å². The molecular weight excluding hydrogens is 208 g/mol. The van der Waals surface area contributed by atoms with E-state index in [4.69, 9.17) is 11.6 Å². The highest BCUT2D eigenvalue weighted by atomic mass is 35.5. The van der Waals surface area contributed by atoms with Gasteiger partial charge in [-0.25, -0.2) is 0 Å². The number of benzene rings is 1. The molecule has 1 nitrogen and oxygen atoms in total. The molecule has 0 saturated heterocycles. The van der Waals surface area contributed by atoms with Crippen molar-refractivity contribution in [1.82, 2.24) is 0 Å².